The Hall–Kier alpha value is -1.13. The van der Waals surface area contributed by atoms with Gasteiger partial charge in [-0.25, -0.2) is 4.39 Å². The van der Waals surface area contributed by atoms with Crippen molar-refractivity contribution in [2.45, 2.75) is 25.5 Å². The Morgan fingerprint density at radius 3 is 2.67 bits per heavy atom. The van der Waals surface area contributed by atoms with Gasteiger partial charge in [0.15, 0.2) is 11.6 Å². The molecule has 0 aliphatic rings. The van der Waals surface area contributed by atoms with Crippen molar-refractivity contribution in [2.75, 3.05) is 7.11 Å². The Morgan fingerprint density at radius 1 is 1.53 bits per heavy atom. The maximum Gasteiger partial charge on any atom is 0.165 e. The first kappa shape index (κ1) is 11.9. The standard InChI is InChI=1S/C11H16FNO2/c1-7(13)5-10(14)8-3-4-11(15-2)9(12)6-8/h3-4,6-7,10,14H,5,13H2,1-2H3. The van der Waals surface area contributed by atoms with Crippen molar-refractivity contribution < 1.29 is 14.2 Å². The first-order valence-electron chi connectivity index (χ1n) is 4.81. The van der Waals surface area contributed by atoms with Gasteiger partial charge in [-0.3, -0.25) is 0 Å². The van der Waals surface area contributed by atoms with E-state index in [1.165, 1.54) is 19.2 Å². The largest absolute Gasteiger partial charge is 0.494 e. The lowest BCUT2D eigenvalue weighted by molar-refractivity contribution is 0.159. The summed E-state index contributed by atoms with van der Waals surface area (Å²) in [5.74, 6) is -0.300. The van der Waals surface area contributed by atoms with Gasteiger partial charge in [0.05, 0.1) is 13.2 Å². The van der Waals surface area contributed by atoms with Gasteiger partial charge in [0.25, 0.3) is 0 Å². The molecule has 1 aromatic rings. The molecule has 0 aromatic heterocycles. The van der Waals surface area contributed by atoms with Crippen molar-refractivity contribution in [3.05, 3.63) is 29.6 Å². The monoisotopic (exact) mass is 213 g/mol. The molecule has 0 radical (unpaired) electrons. The highest BCUT2D eigenvalue weighted by molar-refractivity contribution is 5.30. The van der Waals surface area contributed by atoms with Crippen molar-refractivity contribution in [2.24, 2.45) is 5.73 Å². The Kier molecular flexibility index (Phi) is 4.05. The third-order valence-electron chi connectivity index (χ3n) is 2.16. The fourth-order valence-electron chi connectivity index (χ4n) is 1.38. The van der Waals surface area contributed by atoms with E-state index in [-0.39, 0.29) is 11.8 Å². The zero-order valence-corrected chi connectivity index (χ0v) is 8.90. The molecule has 0 amide bonds. The predicted octanol–water partition coefficient (Wildman–Crippen LogP) is 1.60. The van der Waals surface area contributed by atoms with Crippen LogP contribution in [0.25, 0.3) is 0 Å². The summed E-state index contributed by atoms with van der Waals surface area (Å²) in [7, 11) is 1.40. The first-order chi connectivity index (χ1) is 7.04. The third-order valence-corrected chi connectivity index (χ3v) is 2.16. The number of nitrogens with two attached hydrogens (primary N) is 1. The lowest BCUT2D eigenvalue weighted by Gasteiger charge is -2.14. The number of benzene rings is 1. The van der Waals surface area contributed by atoms with Crippen LogP contribution in [-0.4, -0.2) is 18.3 Å². The maximum absolute atomic E-state index is 13.3. The summed E-state index contributed by atoms with van der Waals surface area (Å²) in [6, 6.07) is 4.28. The van der Waals surface area contributed by atoms with Gasteiger partial charge in [-0.05, 0) is 31.0 Å². The summed E-state index contributed by atoms with van der Waals surface area (Å²) in [5.41, 5.74) is 6.07. The zero-order chi connectivity index (χ0) is 11.4. The average molecular weight is 213 g/mol. The van der Waals surface area contributed by atoms with E-state index in [0.29, 0.717) is 12.0 Å². The first-order valence-corrected chi connectivity index (χ1v) is 4.81. The minimum absolute atomic E-state index is 0.120. The van der Waals surface area contributed by atoms with Crippen LogP contribution >= 0.6 is 0 Å². The lowest BCUT2D eigenvalue weighted by atomic mass is 10.0. The highest BCUT2D eigenvalue weighted by Crippen LogP contribution is 2.23. The van der Waals surface area contributed by atoms with Gasteiger partial charge in [0, 0.05) is 6.04 Å². The molecule has 3 nitrogen and oxygen atoms in total. The fraction of sp³-hybridized carbons (Fsp3) is 0.455. The second-order valence-corrected chi connectivity index (χ2v) is 3.62. The van der Waals surface area contributed by atoms with E-state index in [4.69, 9.17) is 10.5 Å². The molecule has 0 saturated carbocycles. The third kappa shape index (κ3) is 3.18. The molecular weight excluding hydrogens is 197 g/mol. The van der Waals surface area contributed by atoms with Crippen molar-refractivity contribution in [3.8, 4) is 5.75 Å². The molecule has 15 heavy (non-hydrogen) atoms. The summed E-state index contributed by atoms with van der Waals surface area (Å²) in [6.45, 7) is 1.79. The topological polar surface area (TPSA) is 55.5 Å². The summed E-state index contributed by atoms with van der Waals surface area (Å²) in [6.07, 6.45) is -0.323. The number of hydrogen-bond donors (Lipinski definition) is 2. The number of aliphatic hydroxyl groups excluding tert-OH is 1. The molecule has 2 atom stereocenters. The smallest absolute Gasteiger partial charge is 0.165 e. The minimum atomic E-state index is -0.731. The molecule has 1 rings (SSSR count). The van der Waals surface area contributed by atoms with Crippen LogP contribution in [0.5, 0.6) is 5.75 Å². The van der Waals surface area contributed by atoms with Crippen molar-refractivity contribution in [3.63, 3.8) is 0 Å². The second-order valence-electron chi connectivity index (χ2n) is 3.62. The molecule has 84 valence electrons. The predicted molar refractivity (Wildman–Crippen MR) is 56.2 cm³/mol. The highest BCUT2D eigenvalue weighted by Gasteiger charge is 2.12. The number of halogens is 1. The van der Waals surface area contributed by atoms with Crippen molar-refractivity contribution >= 4 is 0 Å². The van der Waals surface area contributed by atoms with Crippen LogP contribution in [0.2, 0.25) is 0 Å². The van der Waals surface area contributed by atoms with Gasteiger partial charge in [-0.1, -0.05) is 6.07 Å². The van der Waals surface area contributed by atoms with Crippen LogP contribution in [0.15, 0.2) is 18.2 Å². The molecular formula is C11H16FNO2. The maximum atomic E-state index is 13.3. The van der Waals surface area contributed by atoms with Crippen LogP contribution in [0.1, 0.15) is 25.0 Å². The Morgan fingerprint density at radius 2 is 2.20 bits per heavy atom. The number of methoxy groups -OCH3 is 1. The van der Waals surface area contributed by atoms with Gasteiger partial charge in [-0.15, -0.1) is 0 Å². The number of ether oxygens (including phenoxy) is 1. The number of rotatable bonds is 4. The Labute approximate surface area is 88.7 Å². The van der Waals surface area contributed by atoms with Crippen LogP contribution in [0.3, 0.4) is 0 Å². The molecule has 3 N–H and O–H groups in total. The van der Waals surface area contributed by atoms with Crippen molar-refractivity contribution in [1.29, 1.82) is 0 Å². The lowest BCUT2D eigenvalue weighted by Crippen LogP contribution is -2.18. The molecule has 4 heteroatoms. The molecule has 0 bridgehead atoms. The van der Waals surface area contributed by atoms with Crippen LogP contribution in [0, 0.1) is 5.82 Å². The van der Waals surface area contributed by atoms with Gasteiger partial charge in [0.2, 0.25) is 0 Å². The highest BCUT2D eigenvalue weighted by atomic mass is 19.1. The summed E-state index contributed by atoms with van der Waals surface area (Å²) >= 11 is 0. The Bertz CT molecular complexity index is 328. The van der Waals surface area contributed by atoms with E-state index in [0.717, 1.165) is 0 Å². The van der Waals surface area contributed by atoms with Crippen LogP contribution in [0.4, 0.5) is 4.39 Å². The normalized spacial score (nSPS) is 14.7. The van der Waals surface area contributed by atoms with E-state index >= 15 is 0 Å². The molecule has 0 fully saturated rings. The van der Waals surface area contributed by atoms with Crippen molar-refractivity contribution in [1.82, 2.24) is 0 Å². The van der Waals surface area contributed by atoms with Gasteiger partial charge in [-0.2, -0.15) is 0 Å². The number of aliphatic hydroxyl groups is 1. The molecule has 2 unspecified atom stereocenters. The van der Waals surface area contributed by atoms with Crippen LogP contribution < -0.4 is 10.5 Å². The fourth-order valence-corrected chi connectivity index (χ4v) is 1.38. The summed E-state index contributed by atoms with van der Waals surface area (Å²) < 4.78 is 18.1. The summed E-state index contributed by atoms with van der Waals surface area (Å²) in [5, 5.41) is 9.69. The second kappa shape index (κ2) is 5.09. The molecule has 0 aliphatic heterocycles. The van der Waals surface area contributed by atoms with Gasteiger partial charge < -0.3 is 15.6 Å². The molecule has 0 heterocycles. The minimum Gasteiger partial charge on any atom is -0.494 e. The summed E-state index contributed by atoms with van der Waals surface area (Å²) in [4.78, 5) is 0. The average Bonchev–Trinajstić information content (AvgIpc) is 2.16. The van der Waals surface area contributed by atoms with Gasteiger partial charge in [0.1, 0.15) is 0 Å². The SMILES string of the molecule is COc1ccc(C(O)CC(C)N)cc1F. The van der Waals surface area contributed by atoms with Gasteiger partial charge >= 0.3 is 0 Å². The quantitative estimate of drug-likeness (QED) is 0.798. The molecule has 1 aromatic carbocycles. The van der Waals surface area contributed by atoms with E-state index in [2.05, 4.69) is 0 Å². The molecule has 0 saturated heterocycles. The molecule has 0 spiro atoms. The van der Waals surface area contributed by atoms with E-state index in [1.807, 2.05) is 0 Å². The Balaban J connectivity index is 2.82. The van der Waals surface area contributed by atoms with Crippen LogP contribution in [-0.2, 0) is 0 Å². The van der Waals surface area contributed by atoms with E-state index in [9.17, 15) is 9.50 Å². The molecule has 0 aliphatic carbocycles. The number of hydrogen-bond acceptors (Lipinski definition) is 3. The van der Waals surface area contributed by atoms with E-state index in [1.54, 1.807) is 13.0 Å². The zero-order valence-electron chi connectivity index (χ0n) is 8.90. The van der Waals surface area contributed by atoms with E-state index < -0.39 is 11.9 Å².